The predicted molar refractivity (Wildman–Crippen MR) is 64.2 cm³/mol. The molecule has 96 valence electrons. The molecule has 0 aromatic carbocycles. The summed E-state index contributed by atoms with van der Waals surface area (Å²) in [5.74, 6) is 0. The molecule has 7 heteroatoms. The Labute approximate surface area is 103 Å². The van der Waals surface area contributed by atoms with Gasteiger partial charge in [-0.25, -0.2) is 9.36 Å². The SMILES string of the molecule is Cn1ncc2c(=O)n(CCC3CCCO3)nnc21. The summed E-state index contributed by atoms with van der Waals surface area (Å²) >= 11 is 0. The number of aromatic nitrogens is 5. The molecular formula is C11H15N5O2. The third kappa shape index (κ3) is 1.90. The number of nitrogens with zero attached hydrogens (tertiary/aromatic N) is 5. The number of aryl methyl sites for hydroxylation is 2. The third-order valence-corrected chi connectivity index (χ3v) is 3.31. The first-order valence-electron chi connectivity index (χ1n) is 6.13. The highest BCUT2D eigenvalue weighted by Crippen LogP contribution is 2.15. The average molecular weight is 249 g/mol. The zero-order chi connectivity index (χ0) is 12.5. The van der Waals surface area contributed by atoms with Crippen molar-refractivity contribution in [2.45, 2.75) is 31.9 Å². The van der Waals surface area contributed by atoms with Gasteiger partial charge in [-0.2, -0.15) is 5.10 Å². The van der Waals surface area contributed by atoms with Gasteiger partial charge in [-0.1, -0.05) is 5.21 Å². The van der Waals surface area contributed by atoms with Crippen molar-refractivity contribution >= 4 is 11.0 Å². The van der Waals surface area contributed by atoms with Crippen molar-refractivity contribution in [2.75, 3.05) is 6.61 Å². The molecule has 1 atom stereocenters. The second kappa shape index (κ2) is 4.49. The maximum Gasteiger partial charge on any atom is 0.280 e. The van der Waals surface area contributed by atoms with Crippen LogP contribution < -0.4 is 5.56 Å². The van der Waals surface area contributed by atoms with E-state index in [0.29, 0.717) is 17.6 Å². The molecule has 0 amide bonds. The van der Waals surface area contributed by atoms with Gasteiger partial charge in [0.2, 0.25) is 0 Å². The van der Waals surface area contributed by atoms with Crippen molar-refractivity contribution in [1.29, 1.82) is 0 Å². The normalized spacial score (nSPS) is 19.7. The molecule has 0 N–H and O–H groups in total. The molecule has 2 aromatic rings. The van der Waals surface area contributed by atoms with Crippen LogP contribution in [0.2, 0.25) is 0 Å². The smallest absolute Gasteiger partial charge is 0.280 e. The number of hydrogen-bond donors (Lipinski definition) is 0. The van der Waals surface area contributed by atoms with E-state index in [2.05, 4.69) is 15.4 Å². The van der Waals surface area contributed by atoms with E-state index < -0.39 is 0 Å². The first-order valence-corrected chi connectivity index (χ1v) is 6.13. The predicted octanol–water partition coefficient (Wildman–Crippen LogP) is 0.0941. The van der Waals surface area contributed by atoms with Crippen molar-refractivity contribution in [3.8, 4) is 0 Å². The number of ether oxygens (including phenoxy) is 1. The minimum Gasteiger partial charge on any atom is -0.378 e. The standard InChI is InChI=1S/C11H15N5O2/c1-15-10-9(7-12-15)11(17)16(14-13-10)5-4-8-3-2-6-18-8/h7-8H,2-6H2,1H3. The van der Waals surface area contributed by atoms with E-state index in [1.54, 1.807) is 11.7 Å². The monoisotopic (exact) mass is 249 g/mol. The van der Waals surface area contributed by atoms with Gasteiger partial charge in [-0.15, -0.1) is 5.10 Å². The molecule has 7 nitrogen and oxygen atoms in total. The second-order valence-electron chi connectivity index (χ2n) is 4.55. The van der Waals surface area contributed by atoms with Crippen LogP contribution in [0.3, 0.4) is 0 Å². The first kappa shape index (κ1) is 11.3. The summed E-state index contributed by atoms with van der Waals surface area (Å²) in [5, 5.41) is 12.5. The Morgan fingerprint density at radius 2 is 2.44 bits per heavy atom. The van der Waals surface area contributed by atoms with Crippen LogP contribution >= 0.6 is 0 Å². The molecule has 3 rings (SSSR count). The Kier molecular flexibility index (Phi) is 2.83. The molecular weight excluding hydrogens is 234 g/mol. The largest absolute Gasteiger partial charge is 0.378 e. The van der Waals surface area contributed by atoms with Gasteiger partial charge in [-0.05, 0) is 19.3 Å². The summed E-state index contributed by atoms with van der Waals surface area (Å²) < 4.78 is 8.47. The summed E-state index contributed by atoms with van der Waals surface area (Å²) in [5.41, 5.74) is 0.388. The fraction of sp³-hybridized carbons (Fsp3) is 0.636. The Balaban J connectivity index is 1.83. The molecule has 1 aliphatic rings. The zero-order valence-corrected chi connectivity index (χ0v) is 10.2. The molecule has 1 aliphatic heterocycles. The summed E-state index contributed by atoms with van der Waals surface area (Å²) in [6, 6.07) is 0. The number of fused-ring (bicyclic) bond motifs is 1. The summed E-state index contributed by atoms with van der Waals surface area (Å²) in [6.07, 6.45) is 4.77. The summed E-state index contributed by atoms with van der Waals surface area (Å²) in [4.78, 5) is 12.1. The average Bonchev–Trinajstić information content (AvgIpc) is 2.99. The summed E-state index contributed by atoms with van der Waals surface area (Å²) in [7, 11) is 1.74. The first-order chi connectivity index (χ1) is 8.75. The number of rotatable bonds is 3. The van der Waals surface area contributed by atoms with E-state index in [0.717, 1.165) is 25.9 Å². The lowest BCUT2D eigenvalue weighted by molar-refractivity contribution is 0.0988. The van der Waals surface area contributed by atoms with Crippen molar-refractivity contribution in [3.05, 3.63) is 16.6 Å². The molecule has 1 fully saturated rings. The van der Waals surface area contributed by atoms with Gasteiger partial charge >= 0.3 is 0 Å². The van der Waals surface area contributed by atoms with Gasteiger partial charge in [0.1, 0.15) is 5.39 Å². The van der Waals surface area contributed by atoms with Crippen LogP contribution in [0.1, 0.15) is 19.3 Å². The number of hydrogen-bond acceptors (Lipinski definition) is 5. The molecule has 1 saturated heterocycles. The van der Waals surface area contributed by atoms with E-state index >= 15 is 0 Å². The fourth-order valence-electron chi connectivity index (χ4n) is 2.26. The van der Waals surface area contributed by atoms with Crippen LogP contribution in [0, 0.1) is 0 Å². The van der Waals surface area contributed by atoms with E-state index in [9.17, 15) is 4.79 Å². The van der Waals surface area contributed by atoms with E-state index in [1.165, 1.54) is 10.9 Å². The van der Waals surface area contributed by atoms with Crippen molar-refractivity contribution in [2.24, 2.45) is 7.05 Å². The van der Waals surface area contributed by atoms with Gasteiger partial charge in [0.25, 0.3) is 5.56 Å². The van der Waals surface area contributed by atoms with Crippen molar-refractivity contribution in [3.63, 3.8) is 0 Å². The highest BCUT2D eigenvalue weighted by Gasteiger charge is 2.16. The van der Waals surface area contributed by atoms with E-state index in [4.69, 9.17) is 4.74 Å². The third-order valence-electron chi connectivity index (χ3n) is 3.31. The molecule has 0 saturated carbocycles. The molecule has 0 aliphatic carbocycles. The minimum absolute atomic E-state index is 0.133. The van der Waals surface area contributed by atoms with Crippen LogP contribution in [0.5, 0.6) is 0 Å². The second-order valence-corrected chi connectivity index (χ2v) is 4.55. The Hall–Kier alpha value is -1.76. The molecule has 18 heavy (non-hydrogen) atoms. The lowest BCUT2D eigenvalue weighted by Crippen LogP contribution is -2.26. The molecule has 0 radical (unpaired) electrons. The van der Waals surface area contributed by atoms with Crippen LogP contribution in [-0.4, -0.2) is 37.5 Å². The Morgan fingerprint density at radius 1 is 1.56 bits per heavy atom. The van der Waals surface area contributed by atoms with Crippen LogP contribution in [0.4, 0.5) is 0 Å². The molecule has 1 unspecified atom stereocenters. The maximum atomic E-state index is 12.1. The van der Waals surface area contributed by atoms with Crippen LogP contribution in [-0.2, 0) is 18.3 Å². The summed E-state index contributed by atoms with van der Waals surface area (Å²) in [6.45, 7) is 1.37. The van der Waals surface area contributed by atoms with Gasteiger partial charge < -0.3 is 4.74 Å². The van der Waals surface area contributed by atoms with Gasteiger partial charge in [0.05, 0.1) is 12.3 Å². The fourth-order valence-corrected chi connectivity index (χ4v) is 2.26. The lowest BCUT2D eigenvalue weighted by Gasteiger charge is -2.09. The van der Waals surface area contributed by atoms with Crippen LogP contribution in [0.25, 0.3) is 11.0 Å². The lowest BCUT2D eigenvalue weighted by atomic mass is 10.2. The topological polar surface area (TPSA) is 74.8 Å². The minimum atomic E-state index is -0.133. The van der Waals surface area contributed by atoms with Crippen LogP contribution in [0.15, 0.2) is 11.0 Å². The molecule has 2 aromatic heterocycles. The van der Waals surface area contributed by atoms with E-state index in [1.807, 2.05) is 0 Å². The quantitative estimate of drug-likeness (QED) is 0.771. The van der Waals surface area contributed by atoms with Crippen molar-refractivity contribution in [1.82, 2.24) is 24.8 Å². The van der Waals surface area contributed by atoms with Gasteiger partial charge in [0, 0.05) is 20.2 Å². The van der Waals surface area contributed by atoms with Gasteiger partial charge in [0.15, 0.2) is 5.65 Å². The Morgan fingerprint density at radius 3 is 3.22 bits per heavy atom. The maximum absolute atomic E-state index is 12.1. The van der Waals surface area contributed by atoms with Gasteiger partial charge in [-0.3, -0.25) is 4.79 Å². The zero-order valence-electron chi connectivity index (χ0n) is 10.2. The highest BCUT2D eigenvalue weighted by molar-refractivity contribution is 5.72. The van der Waals surface area contributed by atoms with Crippen molar-refractivity contribution < 1.29 is 4.74 Å². The molecule has 0 bridgehead atoms. The molecule has 3 heterocycles. The Bertz CT molecular complexity index is 611. The van der Waals surface area contributed by atoms with E-state index in [-0.39, 0.29) is 11.7 Å². The highest BCUT2D eigenvalue weighted by atomic mass is 16.5. The molecule has 0 spiro atoms.